The molecule has 0 bridgehead atoms. The molecule has 2 fully saturated rings. The summed E-state index contributed by atoms with van der Waals surface area (Å²) in [6, 6.07) is 3.75. The van der Waals surface area contributed by atoms with Gasteiger partial charge in [0.05, 0.1) is 18.3 Å². The van der Waals surface area contributed by atoms with Gasteiger partial charge in [-0.15, -0.1) is 6.58 Å². The minimum absolute atomic E-state index is 0.114. The van der Waals surface area contributed by atoms with Gasteiger partial charge in [-0.1, -0.05) is 6.08 Å². The van der Waals surface area contributed by atoms with Crippen molar-refractivity contribution in [3.8, 4) is 0 Å². The van der Waals surface area contributed by atoms with Crippen LogP contribution in [0.3, 0.4) is 0 Å². The summed E-state index contributed by atoms with van der Waals surface area (Å²) in [5.74, 6) is 0.913. The Labute approximate surface area is 137 Å². The normalized spacial score (nSPS) is 21.5. The summed E-state index contributed by atoms with van der Waals surface area (Å²) in [4.78, 5) is 21.5. The fraction of sp³-hybridized carbons (Fsp3) is 0.556. The zero-order valence-corrected chi connectivity index (χ0v) is 13.6. The van der Waals surface area contributed by atoms with E-state index in [2.05, 4.69) is 16.5 Å². The lowest BCUT2D eigenvalue weighted by molar-refractivity contribution is 0.0724. The smallest absolute Gasteiger partial charge is 0.257 e. The topological polar surface area (TPSA) is 45.7 Å². The maximum absolute atomic E-state index is 12.8. The van der Waals surface area contributed by atoms with Crippen molar-refractivity contribution in [2.24, 2.45) is 0 Å². The van der Waals surface area contributed by atoms with E-state index in [-0.39, 0.29) is 12.0 Å². The Kier molecular flexibility index (Phi) is 5.28. The van der Waals surface area contributed by atoms with Gasteiger partial charge in [-0.25, -0.2) is 4.98 Å². The van der Waals surface area contributed by atoms with Crippen LogP contribution in [-0.2, 0) is 4.74 Å². The Hall–Kier alpha value is -1.88. The monoisotopic (exact) mass is 315 g/mol. The number of carbonyl (C=O) groups excluding carboxylic acids is 1. The standard InChI is InChI=1S/C18H25N3O2/c1-2-13-23-15-8-12-21(14-15)17-16(7-6-9-19-17)18(22)20-10-4-3-5-11-20/h2,6-7,9,15H,1,3-5,8,10-14H2. The SMILES string of the molecule is C=CCOC1CCN(c2ncccc2C(=O)N2CCCCC2)C1. The lowest BCUT2D eigenvalue weighted by atomic mass is 10.1. The van der Waals surface area contributed by atoms with Crippen LogP contribution >= 0.6 is 0 Å². The van der Waals surface area contributed by atoms with Crippen molar-refractivity contribution < 1.29 is 9.53 Å². The van der Waals surface area contributed by atoms with Crippen molar-refractivity contribution in [3.05, 3.63) is 36.5 Å². The van der Waals surface area contributed by atoms with Crippen LogP contribution in [0.2, 0.25) is 0 Å². The number of likely N-dealkylation sites (tertiary alicyclic amines) is 1. The van der Waals surface area contributed by atoms with E-state index in [0.29, 0.717) is 6.61 Å². The highest BCUT2D eigenvalue weighted by Gasteiger charge is 2.28. The van der Waals surface area contributed by atoms with Crippen LogP contribution in [0.1, 0.15) is 36.0 Å². The number of rotatable bonds is 5. The Bertz CT molecular complexity index is 555. The van der Waals surface area contributed by atoms with E-state index in [9.17, 15) is 4.79 Å². The van der Waals surface area contributed by atoms with Crippen LogP contribution in [0.5, 0.6) is 0 Å². The fourth-order valence-electron chi connectivity index (χ4n) is 3.34. The lowest BCUT2D eigenvalue weighted by Gasteiger charge is -2.28. The van der Waals surface area contributed by atoms with Gasteiger partial charge in [0.15, 0.2) is 0 Å². The molecule has 2 saturated heterocycles. The van der Waals surface area contributed by atoms with Crippen molar-refractivity contribution in [2.45, 2.75) is 31.8 Å². The Balaban J connectivity index is 1.73. The summed E-state index contributed by atoms with van der Waals surface area (Å²) in [7, 11) is 0. The predicted molar refractivity (Wildman–Crippen MR) is 90.8 cm³/mol. The van der Waals surface area contributed by atoms with Crippen LogP contribution in [0, 0.1) is 0 Å². The first-order valence-corrected chi connectivity index (χ1v) is 8.51. The summed E-state index contributed by atoms with van der Waals surface area (Å²) in [6.45, 7) is 7.63. The lowest BCUT2D eigenvalue weighted by Crippen LogP contribution is -2.37. The molecule has 3 rings (SSSR count). The molecule has 1 aromatic heterocycles. The molecule has 5 heteroatoms. The third-order valence-corrected chi connectivity index (χ3v) is 4.55. The number of pyridine rings is 1. The van der Waals surface area contributed by atoms with Crippen molar-refractivity contribution in [2.75, 3.05) is 37.7 Å². The van der Waals surface area contributed by atoms with Crippen LogP contribution in [-0.4, -0.2) is 54.7 Å². The largest absolute Gasteiger partial charge is 0.372 e. The molecule has 1 unspecified atom stereocenters. The zero-order chi connectivity index (χ0) is 16.1. The van der Waals surface area contributed by atoms with Gasteiger partial charge in [-0.05, 0) is 37.8 Å². The van der Waals surface area contributed by atoms with E-state index in [1.807, 2.05) is 17.0 Å². The second kappa shape index (κ2) is 7.59. The molecule has 0 radical (unpaired) electrons. The Morgan fingerprint density at radius 2 is 2.17 bits per heavy atom. The highest BCUT2D eigenvalue weighted by atomic mass is 16.5. The molecule has 0 aliphatic carbocycles. The molecule has 3 heterocycles. The number of hydrogen-bond donors (Lipinski definition) is 0. The highest BCUT2D eigenvalue weighted by Crippen LogP contribution is 2.25. The molecule has 124 valence electrons. The molecule has 1 atom stereocenters. The summed E-state index contributed by atoms with van der Waals surface area (Å²) in [6.07, 6.45) is 8.10. The average Bonchev–Trinajstić information content (AvgIpc) is 3.09. The van der Waals surface area contributed by atoms with E-state index in [1.54, 1.807) is 12.3 Å². The van der Waals surface area contributed by atoms with E-state index in [1.165, 1.54) is 6.42 Å². The van der Waals surface area contributed by atoms with Crippen LogP contribution in [0.4, 0.5) is 5.82 Å². The van der Waals surface area contributed by atoms with Gasteiger partial charge >= 0.3 is 0 Å². The molecule has 0 N–H and O–H groups in total. The van der Waals surface area contributed by atoms with Gasteiger partial charge < -0.3 is 14.5 Å². The minimum Gasteiger partial charge on any atom is -0.372 e. The van der Waals surface area contributed by atoms with Crippen LogP contribution < -0.4 is 4.90 Å². The second-order valence-corrected chi connectivity index (χ2v) is 6.21. The first-order valence-electron chi connectivity index (χ1n) is 8.51. The molecule has 2 aliphatic heterocycles. The Morgan fingerprint density at radius 3 is 2.96 bits per heavy atom. The van der Waals surface area contributed by atoms with Crippen LogP contribution in [0.25, 0.3) is 0 Å². The summed E-state index contributed by atoms with van der Waals surface area (Å²) < 4.78 is 5.74. The van der Waals surface area contributed by atoms with Crippen molar-refractivity contribution in [1.82, 2.24) is 9.88 Å². The number of ether oxygens (including phenoxy) is 1. The van der Waals surface area contributed by atoms with Crippen molar-refractivity contribution >= 4 is 11.7 Å². The Morgan fingerprint density at radius 1 is 1.35 bits per heavy atom. The molecular formula is C18H25N3O2. The number of nitrogens with zero attached hydrogens (tertiary/aromatic N) is 3. The zero-order valence-electron chi connectivity index (χ0n) is 13.6. The number of carbonyl (C=O) groups is 1. The van der Waals surface area contributed by atoms with Crippen LogP contribution in [0.15, 0.2) is 31.0 Å². The molecule has 0 saturated carbocycles. The predicted octanol–water partition coefficient (Wildman–Crippen LogP) is 2.49. The number of hydrogen-bond acceptors (Lipinski definition) is 4. The molecule has 0 aromatic carbocycles. The molecule has 1 aromatic rings. The second-order valence-electron chi connectivity index (χ2n) is 6.21. The first kappa shape index (κ1) is 16.0. The summed E-state index contributed by atoms with van der Waals surface area (Å²) in [5, 5.41) is 0. The van der Waals surface area contributed by atoms with E-state index < -0.39 is 0 Å². The summed E-state index contributed by atoms with van der Waals surface area (Å²) >= 11 is 0. The number of anilines is 1. The molecule has 23 heavy (non-hydrogen) atoms. The van der Waals surface area contributed by atoms with Gasteiger partial charge in [-0.2, -0.15) is 0 Å². The van der Waals surface area contributed by atoms with E-state index in [4.69, 9.17) is 4.74 Å². The summed E-state index contributed by atoms with van der Waals surface area (Å²) in [5.41, 5.74) is 0.721. The number of amides is 1. The van der Waals surface area contributed by atoms with Crippen molar-refractivity contribution in [3.63, 3.8) is 0 Å². The maximum atomic E-state index is 12.8. The van der Waals surface area contributed by atoms with Gasteiger partial charge in [-0.3, -0.25) is 4.79 Å². The quantitative estimate of drug-likeness (QED) is 0.783. The number of piperidine rings is 1. The molecule has 5 nitrogen and oxygen atoms in total. The van der Waals surface area contributed by atoms with E-state index >= 15 is 0 Å². The fourth-order valence-corrected chi connectivity index (χ4v) is 3.34. The van der Waals surface area contributed by atoms with Gasteiger partial charge in [0.1, 0.15) is 5.82 Å². The molecular weight excluding hydrogens is 290 g/mol. The minimum atomic E-state index is 0.114. The van der Waals surface area contributed by atoms with E-state index in [0.717, 1.165) is 56.8 Å². The third-order valence-electron chi connectivity index (χ3n) is 4.55. The van der Waals surface area contributed by atoms with Gasteiger partial charge in [0.2, 0.25) is 0 Å². The van der Waals surface area contributed by atoms with Crippen molar-refractivity contribution in [1.29, 1.82) is 0 Å². The average molecular weight is 315 g/mol. The molecule has 1 amide bonds. The van der Waals surface area contributed by atoms with Gasteiger partial charge in [0.25, 0.3) is 5.91 Å². The highest BCUT2D eigenvalue weighted by molar-refractivity contribution is 5.99. The first-order chi connectivity index (χ1) is 11.3. The maximum Gasteiger partial charge on any atom is 0.257 e. The molecule has 2 aliphatic rings. The number of aromatic nitrogens is 1. The van der Waals surface area contributed by atoms with Gasteiger partial charge in [0, 0.05) is 32.4 Å². The molecule has 0 spiro atoms. The third kappa shape index (κ3) is 3.72.